The van der Waals surface area contributed by atoms with Gasteiger partial charge < -0.3 is 14.7 Å². The lowest BCUT2D eigenvalue weighted by molar-refractivity contribution is 0.280. The topological polar surface area (TPSA) is 32.7 Å². The molecule has 0 unspecified atom stereocenters. The summed E-state index contributed by atoms with van der Waals surface area (Å²) in [5.41, 5.74) is 2.06. The summed E-state index contributed by atoms with van der Waals surface area (Å²) in [7, 11) is 0. The van der Waals surface area contributed by atoms with Gasteiger partial charge in [0.15, 0.2) is 0 Å². The molecule has 0 aliphatic carbocycles. The summed E-state index contributed by atoms with van der Waals surface area (Å²) in [6.07, 6.45) is 1.13. The molecule has 1 aliphatic heterocycles. The SMILES string of the molecule is CCCN1CCOc2ccc(CO)cc21. The Labute approximate surface area is 90.3 Å². The number of aliphatic hydroxyl groups is 1. The highest BCUT2D eigenvalue weighted by Gasteiger charge is 2.17. The van der Waals surface area contributed by atoms with Crippen molar-refractivity contribution < 1.29 is 9.84 Å². The van der Waals surface area contributed by atoms with Crippen molar-refractivity contribution in [3.05, 3.63) is 23.8 Å². The number of ether oxygens (including phenoxy) is 1. The third-order valence-corrected chi connectivity index (χ3v) is 2.66. The molecule has 0 radical (unpaired) electrons. The largest absolute Gasteiger partial charge is 0.490 e. The molecular weight excluding hydrogens is 190 g/mol. The van der Waals surface area contributed by atoms with Gasteiger partial charge in [0.05, 0.1) is 18.8 Å². The summed E-state index contributed by atoms with van der Waals surface area (Å²) in [6, 6.07) is 5.88. The fraction of sp³-hybridized carbons (Fsp3) is 0.500. The van der Waals surface area contributed by atoms with Crippen LogP contribution < -0.4 is 9.64 Å². The van der Waals surface area contributed by atoms with E-state index in [9.17, 15) is 0 Å². The molecule has 3 heteroatoms. The Bertz CT molecular complexity index is 338. The number of anilines is 1. The van der Waals surface area contributed by atoms with Gasteiger partial charge >= 0.3 is 0 Å². The predicted octanol–water partition coefficient (Wildman–Crippen LogP) is 1.79. The highest BCUT2D eigenvalue weighted by molar-refractivity contribution is 5.61. The Kier molecular flexibility index (Phi) is 3.11. The minimum Gasteiger partial charge on any atom is -0.490 e. The van der Waals surface area contributed by atoms with Crippen LogP contribution in [0.4, 0.5) is 5.69 Å². The molecule has 82 valence electrons. The lowest BCUT2D eigenvalue weighted by atomic mass is 10.1. The second-order valence-corrected chi connectivity index (χ2v) is 3.80. The van der Waals surface area contributed by atoms with Gasteiger partial charge in [0.1, 0.15) is 12.4 Å². The summed E-state index contributed by atoms with van der Waals surface area (Å²) in [4.78, 5) is 2.32. The van der Waals surface area contributed by atoms with E-state index in [1.54, 1.807) is 0 Å². The van der Waals surface area contributed by atoms with E-state index in [-0.39, 0.29) is 6.61 Å². The highest BCUT2D eigenvalue weighted by Crippen LogP contribution is 2.32. The first-order chi connectivity index (χ1) is 7.35. The molecule has 1 aromatic rings. The van der Waals surface area contributed by atoms with Crippen LogP contribution in [-0.4, -0.2) is 24.8 Å². The molecule has 2 rings (SSSR count). The van der Waals surface area contributed by atoms with Crippen molar-refractivity contribution in [3.63, 3.8) is 0 Å². The van der Waals surface area contributed by atoms with Gasteiger partial charge in [0, 0.05) is 6.54 Å². The average Bonchev–Trinajstić information content (AvgIpc) is 2.29. The van der Waals surface area contributed by atoms with Gasteiger partial charge in [-0.15, -0.1) is 0 Å². The van der Waals surface area contributed by atoms with Crippen molar-refractivity contribution in [2.45, 2.75) is 20.0 Å². The number of hydrogen-bond donors (Lipinski definition) is 1. The van der Waals surface area contributed by atoms with E-state index in [1.165, 1.54) is 0 Å². The fourth-order valence-electron chi connectivity index (χ4n) is 1.92. The summed E-state index contributed by atoms with van der Waals surface area (Å²) >= 11 is 0. The van der Waals surface area contributed by atoms with E-state index in [0.29, 0.717) is 0 Å². The zero-order chi connectivity index (χ0) is 10.7. The Hall–Kier alpha value is -1.22. The smallest absolute Gasteiger partial charge is 0.142 e. The number of hydrogen-bond acceptors (Lipinski definition) is 3. The predicted molar refractivity (Wildman–Crippen MR) is 60.4 cm³/mol. The zero-order valence-corrected chi connectivity index (χ0v) is 9.07. The molecule has 0 saturated carbocycles. The molecule has 0 atom stereocenters. The summed E-state index contributed by atoms with van der Waals surface area (Å²) < 4.78 is 5.58. The minimum atomic E-state index is 0.0905. The maximum atomic E-state index is 9.10. The Balaban J connectivity index is 2.30. The van der Waals surface area contributed by atoms with Crippen LogP contribution in [-0.2, 0) is 6.61 Å². The molecule has 1 heterocycles. The third-order valence-electron chi connectivity index (χ3n) is 2.66. The van der Waals surface area contributed by atoms with Crippen molar-refractivity contribution >= 4 is 5.69 Å². The van der Waals surface area contributed by atoms with Crippen LogP contribution >= 0.6 is 0 Å². The average molecular weight is 207 g/mol. The number of fused-ring (bicyclic) bond motifs is 1. The highest BCUT2D eigenvalue weighted by atomic mass is 16.5. The molecule has 15 heavy (non-hydrogen) atoms. The molecule has 1 aromatic carbocycles. The number of benzene rings is 1. The Morgan fingerprint density at radius 1 is 1.47 bits per heavy atom. The standard InChI is InChI=1S/C12H17NO2/c1-2-5-13-6-7-15-12-4-3-10(9-14)8-11(12)13/h3-4,8,14H,2,5-7,9H2,1H3. The first-order valence-corrected chi connectivity index (χ1v) is 5.46. The van der Waals surface area contributed by atoms with Crippen LogP contribution in [0.1, 0.15) is 18.9 Å². The molecule has 3 nitrogen and oxygen atoms in total. The van der Waals surface area contributed by atoms with Crippen LogP contribution in [0.3, 0.4) is 0 Å². The molecule has 0 spiro atoms. The van der Waals surface area contributed by atoms with E-state index in [1.807, 2.05) is 18.2 Å². The quantitative estimate of drug-likeness (QED) is 0.820. The summed E-state index contributed by atoms with van der Waals surface area (Å²) in [5, 5.41) is 9.10. The van der Waals surface area contributed by atoms with Gasteiger partial charge in [-0.2, -0.15) is 0 Å². The molecule has 0 saturated heterocycles. The van der Waals surface area contributed by atoms with Gasteiger partial charge in [-0.05, 0) is 24.1 Å². The van der Waals surface area contributed by atoms with Crippen molar-refractivity contribution in [3.8, 4) is 5.75 Å². The molecule has 1 N–H and O–H groups in total. The normalized spacial score (nSPS) is 14.7. The number of rotatable bonds is 3. The lowest BCUT2D eigenvalue weighted by Gasteiger charge is -2.31. The first kappa shape index (κ1) is 10.3. The molecule has 0 aromatic heterocycles. The van der Waals surface area contributed by atoms with Crippen molar-refractivity contribution in [1.82, 2.24) is 0 Å². The van der Waals surface area contributed by atoms with Gasteiger partial charge in [0.25, 0.3) is 0 Å². The Morgan fingerprint density at radius 2 is 2.33 bits per heavy atom. The van der Waals surface area contributed by atoms with E-state index >= 15 is 0 Å². The van der Waals surface area contributed by atoms with E-state index < -0.39 is 0 Å². The third kappa shape index (κ3) is 2.07. The Morgan fingerprint density at radius 3 is 3.07 bits per heavy atom. The zero-order valence-electron chi connectivity index (χ0n) is 9.07. The van der Waals surface area contributed by atoms with E-state index in [4.69, 9.17) is 9.84 Å². The van der Waals surface area contributed by atoms with Crippen LogP contribution in [0.15, 0.2) is 18.2 Å². The number of nitrogens with zero attached hydrogens (tertiary/aromatic N) is 1. The van der Waals surface area contributed by atoms with E-state index in [2.05, 4.69) is 11.8 Å². The van der Waals surface area contributed by atoms with Crippen LogP contribution in [0.2, 0.25) is 0 Å². The van der Waals surface area contributed by atoms with Crippen LogP contribution in [0.25, 0.3) is 0 Å². The summed E-state index contributed by atoms with van der Waals surface area (Å²) in [6.45, 7) is 5.00. The van der Waals surface area contributed by atoms with Crippen LogP contribution in [0, 0.1) is 0 Å². The second-order valence-electron chi connectivity index (χ2n) is 3.80. The van der Waals surface area contributed by atoms with Crippen molar-refractivity contribution in [2.24, 2.45) is 0 Å². The van der Waals surface area contributed by atoms with Gasteiger partial charge in [-0.25, -0.2) is 0 Å². The molecule has 0 bridgehead atoms. The van der Waals surface area contributed by atoms with E-state index in [0.717, 1.165) is 43.1 Å². The van der Waals surface area contributed by atoms with Crippen molar-refractivity contribution in [2.75, 3.05) is 24.6 Å². The lowest BCUT2D eigenvalue weighted by Crippen LogP contribution is -2.33. The van der Waals surface area contributed by atoms with Gasteiger partial charge in [-0.3, -0.25) is 0 Å². The maximum Gasteiger partial charge on any atom is 0.142 e. The number of aliphatic hydroxyl groups excluding tert-OH is 1. The maximum absolute atomic E-state index is 9.10. The second kappa shape index (κ2) is 4.53. The molecule has 1 aliphatic rings. The molecule has 0 amide bonds. The van der Waals surface area contributed by atoms with Crippen molar-refractivity contribution in [1.29, 1.82) is 0 Å². The minimum absolute atomic E-state index is 0.0905. The molecule has 0 fully saturated rings. The molecular formula is C12H17NO2. The van der Waals surface area contributed by atoms with Crippen LogP contribution in [0.5, 0.6) is 5.75 Å². The fourth-order valence-corrected chi connectivity index (χ4v) is 1.92. The summed E-state index contributed by atoms with van der Waals surface area (Å²) in [5.74, 6) is 0.937. The van der Waals surface area contributed by atoms with Gasteiger partial charge in [-0.1, -0.05) is 13.0 Å². The van der Waals surface area contributed by atoms with Gasteiger partial charge in [0.2, 0.25) is 0 Å². The monoisotopic (exact) mass is 207 g/mol. The first-order valence-electron chi connectivity index (χ1n) is 5.46.